The third kappa shape index (κ3) is 3.43. The van der Waals surface area contributed by atoms with E-state index in [1.54, 1.807) is 0 Å². The van der Waals surface area contributed by atoms with E-state index >= 15 is 0 Å². The molecule has 0 atom stereocenters. The number of nitrogens with zero attached hydrogens (tertiary/aromatic N) is 1. The van der Waals surface area contributed by atoms with Gasteiger partial charge >= 0.3 is 0 Å². The fourth-order valence-corrected chi connectivity index (χ4v) is 2.94. The van der Waals surface area contributed by atoms with Crippen LogP contribution in [0.5, 0.6) is 0 Å². The lowest BCUT2D eigenvalue weighted by Crippen LogP contribution is -2.45. The van der Waals surface area contributed by atoms with Gasteiger partial charge in [0.25, 0.3) is 0 Å². The van der Waals surface area contributed by atoms with Crippen LogP contribution in [0.3, 0.4) is 0 Å². The zero-order valence-electron chi connectivity index (χ0n) is 12.0. The number of nitrogens with two attached hydrogens (primary N) is 1. The second-order valence-electron chi connectivity index (χ2n) is 5.65. The summed E-state index contributed by atoms with van der Waals surface area (Å²) >= 11 is 0. The van der Waals surface area contributed by atoms with E-state index in [1.165, 1.54) is 10.9 Å². The van der Waals surface area contributed by atoms with Crippen LogP contribution in [-0.2, 0) is 11.3 Å². The molecule has 5 heteroatoms. The van der Waals surface area contributed by atoms with Crippen LogP contribution in [0.4, 0.5) is 0 Å². The van der Waals surface area contributed by atoms with Gasteiger partial charge in [-0.05, 0) is 18.9 Å². The van der Waals surface area contributed by atoms with Crippen molar-refractivity contribution in [2.45, 2.75) is 25.4 Å². The maximum absolute atomic E-state index is 10.9. The molecule has 2 aromatic rings. The zero-order valence-corrected chi connectivity index (χ0v) is 12.0. The van der Waals surface area contributed by atoms with Gasteiger partial charge in [-0.3, -0.25) is 9.69 Å². The second kappa shape index (κ2) is 6.28. The van der Waals surface area contributed by atoms with Gasteiger partial charge in [0.1, 0.15) is 5.58 Å². The maximum atomic E-state index is 10.9. The van der Waals surface area contributed by atoms with Gasteiger partial charge in [0.2, 0.25) is 5.91 Å². The molecule has 2 heterocycles. The minimum absolute atomic E-state index is 0.244. The normalized spacial score (nSPS) is 17.3. The van der Waals surface area contributed by atoms with Crippen LogP contribution < -0.4 is 11.1 Å². The number of hydrogen-bond donors (Lipinski definition) is 2. The van der Waals surface area contributed by atoms with Crippen LogP contribution in [0, 0.1) is 0 Å². The fraction of sp³-hybridized carbons (Fsp3) is 0.438. The highest BCUT2D eigenvalue weighted by atomic mass is 16.3. The predicted octanol–water partition coefficient (Wildman–Crippen LogP) is 1.47. The SMILES string of the molecule is NC(=O)CN1CCC(NCc2coc3ccccc23)CC1. The Kier molecular flexibility index (Phi) is 4.22. The van der Waals surface area contributed by atoms with Gasteiger partial charge in [-0.15, -0.1) is 0 Å². The zero-order chi connectivity index (χ0) is 14.7. The molecule has 0 spiro atoms. The van der Waals surface area contributed by atoms with Crippen LogP contribution in [-0.4, -0.2) is 36.5 Å². The molecule has 0 bridgehead atoms. The molecule has 1 amide bonds. The van der Waals surface area contributed by atoms with E-state index in [9.17, 15) is 4.79 Å². The van der Waals surface area contributed by atoms with Gasteiger partial charge in [-0.2, -0.15) is 0 Å². The summed E-state index contributed by atoms with van der Waals surface area (Å²) in [6.45, 7) is 3.04. The third-order valence-electron chi connectivity index (χ3n) is 4.11. The highest BCUT2D eigenvalue weighted by Gasteiger charge is 2.20. The first-order valence-corrected chi connectivity index (χ1v) is 7.41. The Hall–Kier alpha value is -1.85. The van der Waals surface area contributed by atoms with Gasteiger partial charge < -0.3 is 15.5 Å². The first-order valence-electron chi connectivity index (χ1n) is 7.41. The Morgan fingerprint density at radius 1 is 1.33 bits per heavy atom. The van der Waals surface area contributed by atoms with Crippen LogP contribution in [0.2, 0.25) is 0 Å². The van der Waals surface area contributed by atoms with Gasteiger partial charge in [-0.25, -0.2) is 0 Å². The molecule has 0 unspecified atom stereocenters. The molecule has 112 valence electrons. The number of amides is 1. The smallest absolute Gasteiger partial charge is 0.231 e. The van der Waals surface area contributed by atoms with Crippen molar-refractivity contribution in [3.63, 3.8) is 0 Å². The maximum Gasteiger partial charge on any atom is 0.231 e. The molecular weight excluding hydrogens is 266 g/mol. The molecule has 5 nitrogen and oxygen atoms in total. The van der Waals surface area contributed by atoms with E-state index in [4.69, 9.17) is 10.2 Å². The van der Waals surface area contributed by atoms with Gasteiger partial charge in [0, 0.05) is 36.6 Å². The van der Waals surface area contributed by atoms with Gasteiger partial charge in [0.15, 0.2) is 0 Å². The van der Waals surface area contributed by atoms with E-state index in [0.717, 1.165) is 38.1 Å². The summed E-state index contributed by atoms with van der Waals surface area (Å²) < 4.78 is 5.55. The van der Waals surface area contributed by atoms with Crippen molar-refractivity contribution >= 4 is 16.9 Å². The Morgan fingerprint density at radius 3 is 2.86 bits per heavy atom. The first kappa shape index (κ1) is 14.1. The number of benzene rings is 1. The molecule has 3 N–H and O–H groups in total. The number of hydrogen-bond acceptors (Lipinski definition) is 4. The van der Waals surface area contributed by atoms with E-state index in [0.29, 0.717) is 12.6 Å². The third-order valence-corrected chi connectivity index (χ3v) is 4.11. The number of fused-ring (bicyclic) bond motifs is 1. The van der Waals surface area contributed by atoms with Crippen LogP contribution in [0.1, 0.15) is 18.4 Å². The van der Waals surface area contributed by atoms with Crippen molar-refractivity contribution in [1.82, 2.24) is 10.2 Å². The molecule has 0 saturated carbocycles. The molecule has 0 aliphatic carbocycles. The summed E-state index contributed by atoms with van der Waals surface area (Å²) in [6, 6.07) is 8.58. The highest BCUT2D eigenvalue weighted by Crippen LogP contribution is 2.21. The summed E-state index contributed by atoms with van der Waals surface area (Å²) in [4.78, 5) is 13.0. The van der Waals surface area contributed by atoms with Gasteiger partial charge in [-0.1, -0.05) is 18.2 Å². The average Bonchev–Trinajstić information content (AvgIpc) is 2.89. The number of primary amides is 1. The lowest BCUT2D eigenvalue weighted by molar-refractivity contribution is -0.119. The van der Waals surface area contributed by atoms with Crippen molar-refractivity contribution in [3.05, 3.63) is 36.1 Å². The number of carbonyl (C=O) groups excluding carboxylic acids is 1. The summed E-state index contributed by atoms with van der Waals surface area (Å²) in [6.07, 6.45) is 3.92. The Bertz CT molecular complexity index is 615. The predicted molar refractivity (Wildman–Crippen MR) is 81.7 cm³/mol. The number of nitrogens with one attached hydrogen (secondary N) is 1. The Balaban J connectivity index is 1.51. The molecular formula is C16H21N3O2. The highest BCUT2D eigenvalue weighted by molar-refractivity contribution is 5.80. The molecule has 1 fully saturated rings. The van der Waals surface area contributed by atoms with E-state index < -0.39 is 0 Å². The average molecular weight is 287 g/mol. The summed E-state index contributed by atoms with van der Waals surface area (Å²) in [5.74, 6) is -0.244. The lowest BCUT2D eigenvalue weighted by Gasteiger charge is -2.31. The fourth-order valence-electron chi connectivity index (χ4n) is 2.94. The van der Waals surface area contributed by atoms with Crippen molar-refractivity contribution < 1.29 is 9.21 Å². The van der Waals surface area contributed by atoms with Crippen molar-refractivity contribution in [2.75, 3.05) is 19.6 Å². The topological polar surface area (TPSA) is 71.5 Å². The van der Waals surface area contributed by atoms with Crippen LogP contribution in [0.15, 0.2) is 34.9 Å². The minimum Gasteiger partial charge on any atom is -0.464 e. The monoisotopic (exact) mass is 287 g/mol. The molecule has 0 radical (unpaired) electrons. The Labute approximate surface area is 124 Å². The van der Waals surface area contributed by atoms with E-state index in [-0.39, 0.29) is 5.91 Å². The number of rotatable bonds is 5. The molecule has 1 aromatic heterocycles. The molecule has 3 rings (SSSR count). The standard InChI is InChI=1S/C16H21N3O2/c17-16(20)10-19-7-5-13(6-8-19)18-9-12-11-21-15-4-2-1-3-14(12)15/h1-4,11,13,18H,5-10H2,(H2,17,20). The lowest BCUT2D eigenvalue weighted by atomic mass is 10.0. The molecule has 1 saturated heterocycles. The molecule has 1 aliphatic rings. The number of likely N-dealkylation sites (tertiary alicyclic amines) is 1. The van der Waals surface area contributed by atoms with Crippen LogP contribution in [0.25, 0.3) is 11.0 Å². The summed E-state index contributed by atoms with van der Waals surface area (Å²) in [5, 5.41) is 4.76. The van der Waals surface area contributed by atoms with Crippen molar-refractivity contribution in [3.8, 4) is 0 Å². The number of para-hydroxylation sites is 1. The minimum atomic E-state index is -0.244. The van der Waals surface area contributed by atoms with Crippen LogP contribution >= 0.6 is 0 Å². The first-order chi connectivity index (χ1) is 10.2. The van der Waals surface area contributed by atoms with E-state index in [2.05, 4.69) is 16.3 Å². The summed E-state index contributed by atoms with van der Waals surface area (Å²) in [7, 11) is 0. The quantitative estimate of drug-likeness (QED) is 0.873. The molecule has 1 aliphatic heterocycles. The Morgan fingerprint density at radius 2 is 2.10 bits per heavy atom. The molecule has 21 heavy (non-hydrogen) atoms. The van der Waals surface area contributed by atoms with Crippen molar-refractivity contribution in [2.24, 2.45) is 5.73 Å². The second-order valence-corrected chi connectivity index (χ2v) is 5.65. The van der Waals surface area contributed by atoms with Gasteiger partial charge in [0.05, 0.1) is 12.8 Å². The van der Waals surface area contributed by atoms with Crippen molar-refractivity contribution in [1.29, 1.82) is 0 Å². The largest absolute Gasteiger partial charge is 0.464 e. The summed E-state index contributed by atoms with van der Waals surface area (Å²) in [5.41, 5.74) is 7.36. The van der Waals surface area contributed by atoms with E-state index in [1.807, 2.05) is 24.5 Å². The number of carbonyl (C=O) groups is 1. The number of piperidine rings is 1. The molecule has 1 aromatic carbocycles. The number of furan rings is 1.